The maximum absolute atomic E-state index is 12.5. The van der Waals surface area contributed by atoms with Crippen LogP contribution in [0.25, 0.3) is 0 Å². The smallest absolute Gasteiger partial charge is 0.267 e. The fourth-order valence-electron chi connectivity index (χ4n) is 1.67. The first kappa shape index (κ1) is 17.9. The van der Waals surface area contributed by atoms with Crippen LogP contribution >= 0.6 is 10.7 Å². The van der Waals surface area contributed by atoms with E-state index in [0.717, 1.165) is 23.3 Å². The topological polar surface area (TPSA) is 68.2 Å². The lowest BCUT2D eigenvalue weighted by atomic mass is 10.1. The fourth-order valence-corrected chi connectivity index (χ4v) is 2.43. The predicted octanol–water partition coefficient (Wildman–Crippen LogP) is 2.46. The first-order valence-corrected chi connectivity index (χ1v) is 8.63. The van der Waals surface area contributed by atoms with Crippen molar-refractivity contribution in [3.8, 4) is 0 Å². The molecule has 0 radical (unpaired) electrons. The number of nitrogens with zero attached hydrogens (tertiary/aromatic N) is 1. The Morgan fingerprint density at radius 3 is 2.52 bits per heavy atom. The van der Waals surface area contributed by atoms with E-state index in [1.807, 2.05) is 13.8 Å². The normalized spacial score (nSPS) is 12.1. The van der Waals surface area contributed by atoms with Gasteiger partial charge in [-0.25, -0.2) is 17.2 Å². The van der Waals surface area contributed by atoms with Crippen LogP contribution < -0.4 is 5.32 Å². The van der Waals surface area contributed by atoms with Crippen LogP contribution in [0.2, 0.25) is 0 Å². The van der Waals surface area contributed by atoms with Gasteiger partial charge in [-0.1, -0.05) is 13.8 Å². The summed E-state index contributed by atoms with van der Waals surface area (Å²) < 4.78 is 48.4. The molecule has 0 saturated carbocycles. The number of hydrogen-bond donors (Lipinski definition) is 1. The number of nitrogens with one attached hydrogen (secondary N) is 1. The van der Waals surface area contributed by atoms with Crippen LogP contribution in [0.3, 0.4) is 0 Å². The van der Waals surface area contributed by atoms with Crippen LogP contribution in [0.1, 0.15) is 30.8 Å². The summed E-state index contributed by atoms with van der Waals surface area (Å²) in [5, 5.41) is 2.57. The van der Waals surface area contributed by atoms with Crippen LogP contribution in [0.5, 0.6) is 0 Å². The largest absolute Gasteiger partial charge is 0.351 e. The molecule has 120 valence electrons. The molecule has 1 amide bonds. The third-order valence-electron chi connectivity index (χ3n) is 2.73. The molecule has 0 saturated heterocycles. The van der Waals surface area contributed by atoms with Gasteiger partial charge in [0.25, 0.3) is 21.4 Å². The zero-order chi connectivity index (χ0) is 16.2. The molecule has 1 aromatic rings. The molecular formula is C12H17ClF2N2O3S. The summed E-state index contributed by atoms with van der Waals surface area (Å²) in [6, 6.07) is 0.995. The highest BCUT2D eigenvalue weighted by molar-refractivity contribution is 8.13. The highest BCUT2D eigenvalue weighted by atomic mass is 35.7. The summed E-state index contributed by atoms with van der Waals surface area (Å²) in [4.78, 5) is 11.6. The number of rotatable bonds is 7. The minimum Gasteiger partial charge on any atom is -0.351 e. The number of halogens is 3. The molecule has 1 aromatic heterocycles. The van der Waals surface area contributed by atoms with Gasteiger partial charge in [0.15, 0.2) is 0 Å². The third kappa shape index (κ3) is 5.62. The quantitative estimate of drug-likeness (QED) is 0.774. The first-order chi connectivity index (χ1) is 9.61. The van der Waals surface area contributed by atoms with Gasteiger partial charge in [0.2, 0.25) is 0 Å². The second-order valence-corrected chi connectivity index (χ2v) is 7.55. The number of aromatic nitrogens is 1. The second kappa shape index (κ2) is 7.22. The monoisotopic (exact) mass is 342 g/mol. The summed E-state index contributed by atoms with van der Waals surface area (Å²) >= 11 is 0. The summed E-state index contributed by atoms with van der Waals surface area (Å²) in [6.07, 6.45) is -1.06. The Bertz CT molecular complexity index is 600. The molecule has 0 spiro atoms. The van der Waals surface area contributed by atoms with Crippen molar-refractivity contribution in [2.45, 2.75) is 38.1 Å². The fraction of sp³-hybridized carbons (Fsp3) is 0.583. The Morgan fingerprint density at radius 2 is 2.05 bits per heavy atom. The molecular weight excluding hydrogens is 326 g/mol. The van der Waals surface area contributed by atoms with Gasteiger partial charge in [0.1, 0.15) is 10.6 Å². The molecule has 0 aliphatic rings. The zero-order valence-corrected chi connectivity index (χ0v) is 13.2. The number of hydrogen-bond acceptors (Lipinski definition) is 3. The molecule has 5 nitrogen and oxygen atoms in total. The predicted molar refractivity (Wildman–Crippen MR) is 75.3 cm³/mol. The van der Waals surface area contributed by atoms with Crippen LogP contribution in [0.4, 0.5) is 8.78 Å². The molecule has 21 heavy (non-hydrogen) atoms. The van der Waals surface area contributed by atoms with Crippen molar-refractivity contribution in [3.63, 3.8) is 0 Å². The van der Waals surface area contributed by atoms with E-state index < -0.39 is 27.9 Å². The van der Waals surface area contributed by atoms with Gasteiger partial charge in [-0.2, -0.15) is 0 Å². The van der Waals surface area contributed by atoms with Crippen molar-refractivity contribution in [1.82, 2.24) is 9.88 Å². The van der Waals surface area contributed by atoms with E-state index in [2.05, 4.69) is 5.32 Å². The first-order valence-electron chi connectivity index (χ1n) is 6.32. The Balaban J connectivity index is 2.97. The van der Waals surface area contributed by atoms with E-state index in [0.29, 0.717) is 12.5 Å². The molecule has 9 heteroatoms. The average molecular weight is 343 g/mol. The van der Waals surface area contributed by atoms with Crippen LogP contribution in [0.15, 0.2) is 17.2 Å². The zero-order valence-electron chi connectivity index (χ0n) is 11.6. The third-order valence-corrected chi connectivity index (χ3v) is 4.05. The molecule has 0 aliphatic carbocycles. The Labute approximate surface area is 126 Å². The van der Waals surface area contributed by atoms with E-state index in [-0.39, 0.29) is 10.6 Å². The van der Waals surface area contributed by atoms with Crippen molar-refractivity contribution in [3.05, 3.63) is 18.0 Å². The minimum atomic E-state index is -4.08. The van der Waals surface area contributed by atoms with Crippen LogP contribution in [0, 0.1) is 5.92 Å². The molecule has 0 unspecified atom stereocenters. The van der Waals surface area contributed by atoms with Gasteiger partial charge in [-0.05, 0) is 18.4 Å². The summed E-state index contributed by atoms with van der Waals surface area (Å²) in [5.41, 5.74) is -0.154. The molecule has 0 aliphatic heterocycles. The maximum atomic E-state index is 12.5. The van der Waals surface area contributed by atoms with E-state index in [4.69, 9.17) is 10.7 Å². The van der Waals surface area contributed by atoms with Gasteiger partial charge in [0.05, 0.1) is 6.54 Å². The Morgan fingerprint density at radius 1 is 1.43 bits per heavy atom. The molecule has 0 fully saturated rings. The highest BCUT2D eigenvalue weighted by Gasteiger charge is 2.21. The van der Waals surface area contributed by atoms with Crippen molar-refractivity contribution in [2.24, 2.45) is 5.92 Å². The Kier molecular flexibility index (Phi) is 6.15. The van der Waals surface area contributed by atoms with Gasteiger partial charge >= 0.3 is 0 Å². The minimum absolute atomic E-state index is 0.154. The van der Waals surface area contributed by atoms with Crippen molar-refractivity contribution in [1.29, 1.82) is 0 Å². The molecule has 1 rings (SSSR count). The maximum Gasteiger partial charge on any atom is 0.267 e. The van der Waals surface area contributed by atoms with Gasteiger partial charge in [0, 0.05) is 23.4 Å². The van der Waals surface area contributed by atoms with E-state index >= 15 is 0 Å². The number of carbonyl (C=O) groups is 1. The molecule has 0 atom stereocenters. The summed E-state index contributed by atoms with van der Waals surface area (Å²) in [6.45, 7) is 3.55. The van der Waals surface area contributed by atoms with Crippen molar-refractivity contribution in [2.75, 3.05) is 6.54 Å². The van der Waals surface area contributed by atoms with Crippen LogP contribution in [-0.4, -0.2) is 31.9 Å². The van der Waals surface area contributed by atoms with E-state index in [1.165, 1.54) is 0 Å². The SMILES string of the molecule is CC(C)CCNC(=O)c1cc(S(=O)(=O)Cl)cn1CC(F)F. The van der Waals surface area contributed by atoms with E-state index in [1.54, 1.807) is 0 Å². The molecule has 1 N–H and O–H groups in total. The summed E-state index contributed by atoms with van der Waals surface area (Å²) in [7, 11) is 1.09. The number of carbonyl (C=O) groups excluding carboxylic acids is 1. The lowest BCUT2D eigenvalue weighted by Crippen LogP contribution is -2.28. The van der Waals surface area contributed by atoms with Crippen molar-refractivity contribution >= 4 is 25.6 Å². The summed E-state index contributed by atoms with van der Waals surface area (Å²) in [5.74, 6) is -0.236. The van der Waals surface area contributed by atoms with Gasteiger partial charge < -0.3 is 9.88 Å². The van der Waals surface area contributed by atoms with Gasteiger partial charge in [-0.15, -0.1) is 0 Å². The number of amides is 1. The van der Waals surface area contributed by atoms with E-state index in [9.17, 15) is 22.0 Å². The molecule has 0 aromatic carbocycles. The molecule has 0 bridgehead atoms. The highest BCUT2D eigenvalue weighted by Crippen LogP contribution is 2.19. The molecule has 1 heterocycles. The van der Waals surface area contributed by atoms with Crippen LogP contribution in [-0.2, 0) is 15.6 Å². The van der Waals surface area contributed by atoms with Gasteiger partial charge in [-0.3, -0.25) is 4.79 Å². The number of alkyl halides is 2. The Hall–Kier alpha value is -1.15. The average Bonchev–Trinajstić information content (AvgIpc) is 2.71. The van der Waals surface area contributed by atoms with Crippen molar-refractivity contribution < 1.29 is 22.0 Å². The standard InChI is InChI=1S/C12H17ClF2N2O3S/c1-8(2)3-4-16-12(18)10-5-9(21(13,19)20)6-17(10)7-11(14)15/h5-6,8,11H,3-4,7H2,1-2H3,(H,16,18). The second-order valence-electron chi connectivity index (χ2n) is 4.98. The lowest BCUT2D eigenvalue weighted by molar-refractivity contribution is 0.0929. The lowest BCUT2D eigenvalue weighted by Gasteiger charge is -2.10.